The van der Waals surface area contributed by atoms with E-state index in [-0.39, 0.29) is 11.8 Å². The third kappa shape index (κ3) is 3.89. The molecule has 0 radical (unpaired) electrons. The average Bonchev–Trinajstić information content (AvgIpc) is 2.54. The molecule has 0 fully saturated rings. The lowest BCUT2D eigenvalue weighted by molar-refractivity contribution is 0.409. The second-order valence-corrected chi connectivity index (χ2v) is 4.87. The molecule has 0 aliphatic carbocycles. The number of phenolic OH excluding ortho intramolecular Hbond substituents is 1. The van der Waals surface area contributed by atoms with Gasteiger partial charge >= 0.3 is 0 Å². The first kappa shape index (κ1) is 15.2. The fourth-order valence-corrected chi connectivity index (χ4v) is 2.10. The number of nitrogens with one attached hydrogen (secondary N) is 1. The highest BCUT2D eigenvalue weighted by Crippen LogP contribution is 2.24. The summed E-state index contributed by atoms with van der Waals surface area (Å²) in [4.78, 5) is 0. The van der Waals surface area contributed by atoms with Gasteiger partial charge < -0.3 is 19.9 Å². The van der Waals surface area contributed by atoms with Crippen molar-refractivity contribution >= 4 is 0 Å². The second-order valence-electron chi connectivity index (χ2n) is 4.87. The van der Waals surface area contributed by atoms with E-state index in [0.717, 1.165) is 22.6 Å². The summed E-state index contributed by atoms with van der Waals surface area (Å²) in [7, 11) is 3.27. The summed E-state index contributed by atoms with van der Waals surface area (Å²) < 4.78 is 10.3. The number of rotatable bonds is 6. The Kier molecular flexibility index (Phi) is 5.06. The standard InChI is InChI=1S/C17H21NO3/c1-12(13-4-6-15(20-2)7-5-13)18-11-14-10-16(21-3)8-9-17(14)19/h4-10,12,18-19H,11H2,1-3H3. The number of hydrogen-bond donors (Lipinski definition) is 2. The molecule has 2 aromatic rings. The smallest absolute Gasteiger partial charge is 0.120 e. The Bertz CT molecular complexity index is 581. The molecule has 1 atom stereocenters. The van der Waals surface area contributed by atoms with Crippen LogP contribution in [0.1, 0.15) is 24.1 Å². The molecule has 0 amide bonds. The quantitative estimate of drug-likeness (QED) is 0.856. The maximum Gasteiger partial charge on any atom is 0.120 e. The van der Waals surface area contributed by atoms with Crippen molar-refractivity contribution in [3.8, 4) is 17.2 Å². The van der Waals surface area contributed by atoms with Crippen LogP contribution in [0.2, 0.25) is 0 Å². The van der Waals surface area contributed by atoms with Crippen molar-refractivity contribution in [3.05, 3.63) is 53.6 Å². The van der Waals surface area contributed by atoms with Crippen LogP contribution < -0.4 is 14.8 Å². The molecule has 0 aliphatic heterocycles. The number of phenols is 1. The SMILES string of the molecule is COc1ccc(C(C)NCc2cc(OC)ccc2O)cc1. The first-order chi connectivity index (χ1) is 10.1. The van der Waals surface area contributed by atoms with Crippen LogP contribution in [0.15, 0.2) is 42.5 Å². The summed E-state index contributed by atoms with van der Waals surface area (Å²) in [6, 6.07) is 13.3. The monoisotopic (exact) mass is 287 g/mol. The summed E-state index contributed by atoms with van der Waals surface area (Å²) in [5.74, 6) is 1.85. The molecule has 0 spiro atoms. The molecule has 1 unspecified atom stereocenters. The highest BCUT2D eigenvalue weighted by atomic mass is 16.5. The third-order valence-electron chi connectivity index (χ3n) is 3.50. The van der Waals surface area contributed by atoms with E-state index >= 15 is 0 Å². The van der Waals surface area contributed by atoms with Gasteiger partial charge in [0.05, 0.1) is 14.2 Å². The maximum absolute atomic E-state index is 9.87. The lowest BCUT2D eigenvalue weighted by Gasteiger charge is -2.16. The zero-order valence-electron chi connectivity index (χ0n) is 12.6. The van der Waals surface area contributed by atoms with Gasteiger partial charge in [-0.1, -0.05) is 12.1 Å². The van der Waals surface area contributed by atoms with Gasteiger partial charge in [-0.15, -0.1) is 0 Å². The molecule has 0 saturated carbocycles. The zero-order valence-corrected chi connectivity index (χ0v) is 12.6. The Balaban J connectivity index is 2.01. The minimum atomic E-state index is 0.168. The van der Waals surface area contributed by atoms with Gasteiger partial charge in [0.2, 0.25) is 0 Å². The second kappa shape index (κ2) is 6.99. The predicted octanol–water partition coefficient (Wildman–Crippen LogP) is 3.26. The van der Waals surface area contributed by atoms with Crippen molar-refractivity contribution in [1.82, 2.24) is 5.32 Å². The molecule has 2 aromatic carbocycles. The minimum Gasteiger partial charge on any atom is -0.508 e. The molecule has 0 aliphatic rings. The Morgan fingerprint density at radius 1 is 1.00 bits per heavy atom. The molecular weight excluding hydrogens is 266 g/mol. The van der Waals surface area contributed by atoms with Crippen molar-refractivity contribution in [1.29, 1.82) is 0 Å². The Morgan fingerprint density at radius 2 is 1.62 bits per heavy atom. The van der Waals surface area contributed by atoms with E-state index in [1.807, 2.05) is 30.3 Å². The maximum atomic E-state index is 9.87. The van der Waals surface area contributed by atoms with Gasteiger partial charge in [-0.2, -0.15) is 0 Å². The Hall–Kier alpha value is -2.20. The molecule has 2 N–H and O–H groups in total. The number of ether oxygens (including phenoxy) is 2. The van der Waals surface area contributed by atoms with E-state index < -0.39 is 0 Å². The first-order valence-corrected chi connectivity index (χ1v) is 6.87. The minimum absolute atomic E-state index is 0.168. The molecule has 0 heterocycles. The van der Waals surface area contributed by atoms with E-state index in [0.29, 0.717) is 6.54 Å². The fraction of sp³-hybridized carbons (Fsp3) is 0.294. The van der Waals surface area contributed by atoms with Crippen LogP contribution in [0.3, 0.4) is 0 Å². The van der Waals surface area contributed by atoms with Gasteiger partial charge in [0.15, 0.2) is 0 Å². The van der Waals surface area contributed by atoms with Gasteiger partial charge in [-0.25, -0.2) is 0 Å². The Morgan fingerprint density at radius 3 is 2.24 bits per heavy atom. The third-order valence-corrected chi connectivity index (χ3v) is 3.50. The lowest BCUT2D eigenvalue weighted by atomic mass is 10.1. The van der Waals surface area contributed by atoms with Crippen molar-refractivity contribution in [2.45, 2.75) is 19.5 Å². The van der Waals surface area contributed by atoms with Gasteiger partial charge in [0.1, 0.15) is 17.2 Å². The molecule has 4 heteroatoms. The number of aromatic hydroxyl groups is 1. The van der Waals surface area contributed by atoms with E-state index in [9.17, 15) is 5.11 Å². The fourth-order valence-electron chi connectivity index (χ4n) is 2.10. The molecule has 0 bridgehead atoms. The molecular formula is C17H21NO3. The summed E-state index contributed by atoms with van der Waals surface area (Å²) in [5, 5.41) is 13.3. The average molecular weight is 287 g/mol. The predicted molar refractivity (Wildman–Crippen MR) is 82.9 cm³/mol. The highest BCUT2D eigenvalue weighted by Gasteiger charge is 2.08. The van der Waals surface area contributed by atoms with Crippen molar-refractivity contribution in [2.75, 3.05) is 14.2 Å². The van der Waals surface area contributed by atoms with Crippen LogP contribution in [-0.4, -0.2) is 19.3 Å². The van der Waals surface area contributed by atoms with Crippen LogP contribution >= 0.6 is 0 Å². The molecule has 21 heavy (non-hydrogen) atoms. The van der Waals surface area contributed by atoms with Crippen LogP contribution in [0.4, 0.5) is 0 Å². The van der Waals surface area contributed by atoms with Crippen molar-refractivity contribution in [2.24, 2.45) is 0 Å². The van der Waals surface area contributed by atoms with E-state index in [2.05, 4.69) is 12.2 Å². The van der Waals surface area contributed by atoms with E-state index in [1.165, 1.54) is 0 Å². The molecule has 0 aromatic heterocycles. The van der Waals surface area contributed by atoms with E-state index in [1.54, 1.807) is 26.4 Å². The largest absolute Gasteiger partial charge is 0.508 e. The summed E-state index contributed by atoms with van der Waals surface area (Å²) >= 11 is 0. The summed E-state index contributed by atoms with van der Waals surface area (Å²) in [6.45, 7) is 2.65. The van der Waals surface area contributed by atoms with Crippen LogP contribution in [0.5, 0.6) is 17.2 Å². The van der Waals surface area contributed by atoms with Crippen molar-refractivity contribution in [3.63, 3.8) is 0 Å². The van der Waals surface area contributed by atoms with Gasteiger partial charge in [-0.05, 0) is 42.8 Å². The summed E-state index contributed by atoms with van der Waals surface area (Å²) in [5.41, 5.74) is 1.98. The molecule has 112 valence electrons. The lowest BCUT2D eigenvalue weighted by Crippen LogP contribution is -2.18. The Labute approximate surface area is 125 Å². The highest BCUT2D eigenvalue weighted by molar-refractivity contribution is 5.39. The summed E-state index contributed by atoms with van der Waals surface area (Å²) in [6.07, 6.45) is 0. The van der Waals surface area contributed by atoms with Crippen LogP contribution in [0.25, 0.3) is 0 Å². The van der Waals surface area contributed by atoms with Gasteiger partial charge in [0.25, 0.3) is 0 Å². The van der Waals surface area contributed by atoms with Gasteiger partial charge in [-0.3, -0.25) is 0 Å². The molecule has 0 saturated heterocycles. The first-order valence-electron chi connectivity index (χ1n) is 6.87. The van der Waals surface area contributed by atoms with Gasteiger partial charge in [0, 0.05) is 18.2 Å². The van der Waals surface area contributed by atoms with Crippen LogP contribution in [0, 0.1) is 0 Å². The number of methoxy groups -OCH3 is 2. The van der Waals surface area contributed by atoms with Crippen molar-refractivity contribution < 1.29 is 14.6 Å². The number of benzene rings is 2. The molecule has 2 rings (SSSR count). The zero-order chi connectivity index (χ0) is 15.2. The molecule has 4 nitrogen and oxygen atoms in total. The normalized spacial score (nSPS) is 12.0. The van der Waals surface area contributed by atoms with E-state index in [4.69, 9.17) is 9.47 Å². The topological polar surface area (TPSA) is 50.7 Å². The number of hydrogen-bond acceptors (Lipinski definition) is 4. The van der Waals surface area contributed by atoms with Crippen LogP contribution in [-0.2, 0) is 6.54 Å².